The molecule has 0 unspecified atom stereocenters. The van der Waals surface area contributed by atoms with Crippen molar-refractivity contribution in [1.29, 1.82) is 0 Å². The fourth-order valence-corrected chi connectivity index (χ4v) is 3.54. The molecule has 0 aliphatic carbocycles. The Kier molecular flexibility index (Phi) is 6.59. The molecule has 3 rings (SSSR count). The highest BCUT2D eigenvalue weighted by Crippen LogP contribution is 2.27. The molecule has 152 valence electrons. The lowest BCUT2D eigenvalue weighted by atomic mass is 10.0. The minimum absolute atomic E-state index is 0.309. The number of fused-ring (bicyclic) bond motifs is 1. The smallest absolute Gasteiger partial charge is 0.410 e. The highest BCUT2D eigenvalue weighted by molar-refractivity contribution is 8.13. The van der Waals surface area contributed by atoms with E-state index in [1.165, 1.54) is 17.3 Å². The van der Waals surface area contributed by atoms with Crippen LogP contribution in [0.5, 0.6) is 0 Å². The average Bonchev–Trinajstić information content (AvgIpc) is 3.11. The monoisotopic (exact) mass is 410 g/mol. The van der Waals surface area contributed by atoms with E-state index in [0.717, 1.165) is 22.4 Å². The summed E-state index contributed by atoms with van der Waals surface area (Å²) >= 11 is 1.44. The summed E-state index contributed by atoms with van der Waals surface area (Å²) in [6, 6.07) is 16.0. The third kappa shape index (κ3) is 6.09. The minimum Gasteiger partial charge on any atom is -0.444 e. The normalized spacial score (nSPS) is 14.3. The number of nitrogens with two attached hydrogens (primary N) is 1. The maximum Gasteiger partial charge on any atom is 0.410 e. The van der Waals surface area contributed by atoms with Gasteiger partial charge < -0.3 is 10.5 Å². The van der Waals surface area contributed by atoms with E-state index in [9.17, 15) is 4.79 Å². The quantitative estimate of drug-likeness (QED) is 0.456. The van der Waals surface area contributed by atoms with Crippen molar-refractivity contribution in [2.24, 2.45) is 15.9 Å². The number of carbonyl (C=O) groups is 1. The molecule has 2 aromatic carbocycles. The van der Waals surface area contributed by atoms with Crippen LogP contribution < -0.4 is 5.73 Å². The van der Waals surface area contributed by atoms with Gasteiger partial charge in [-0.15, -0.1) is 5.10 Å². The lowest BCUT2D eigenvalue weighted by molar-refractivity contribution is 0.0242. The third-order valence-electron chi connectivity index (χ3n) is 4.25. The molecule has 1 amide bonds. The van der Waals surface area contributed by atoms with Crippen LogP contribution in [0.3, 0.4) is 0 Å². The summed E-state index contributed by atoms with van der Waals surface area (Å²) in [5, 5.41) is 8.64. The fourth-order valence-electron chi connectivity index (χ4n) is 2.93. The maximum atomic E-state index is 12.4. The van der Waals surface area contributed by atoms with Gasteiger partial charge >= 0.3 is 6.09 Å². The first kappa shape index (κ1) is 20.9. The zero-order valence-electron chi connectivity index (χ0n) is 17.0. The molecule has 1 aliphatic rings. The molecule has 1 aliphatic heterocycles. The second-order valence-electron chi connectivity index (χ2n) is 7.78. The van der Waals surface area contributed by atoms with Gasteiger partial charge in [-0.1, -0.05) is 60.3 Å². The number of nitrogens with zero attached hydrogens (tertiary/aromatic N) is 3. The van der Waals surface area contributed by atoms with E-state index in [1.807, 2.05) is 69.3 Å². The van der Waals surface area contributed by atoms with Gasteiger partial charge in [0.15, 0.2) is 5.17 Å². The van der Waals surface area contributed by atoms with Crippen LogP contribution in [-0.4, -0.2) is 28.0 Å². The molecule has 0 fully saturated rings. The van der Waals surface area contributed by atoms with Crippen molar-refractivity contribution in [2.45, 2.75) is 45.2 Å². The molecule has 0 bridgehead atoms. The van der Waals surface area contributed by atoms with E-state index in [4.69, 9.17) is 10.5 Å². The lowest BCUT2D eigenvalue weighted by Gasteiger charge is -2.24. The minimum atomic E-state index is -0.514. The first-order valence-electron chi connectivity index (χ1n) is 9.44. The number of benzene rings is 2. The van der Waals surface area contributed by atoms with Crippen LogP contribution in [0, 0.1) is 0 Å². The van der Waals surface area contributed by atoms with E-state index in [-0.39, 0.29) is 6.09 Å². The zero-order chi connectivity index (χ0) is 20.9. The highest BCUT2D eigenvalue weighted by atomic mass is 32.2. The van der Waals surface area contributed by atoms with Crippen molar-refractivity contribution < 1.29 is 9.53 Å². The van der Waals surface area contributed by atoms with Crippen molar-refractivity contribution in [3.8, 4) is 0 Å². The topological polar surface area (TPSA) is 80.3 Å². The molecule has 0 saturated carbocycles. The summed E-state index contributed by atoms with van der Waals surface area (Å²) in [5.74, 6) is 0.747. The summed E-state index contributed by atoms with van der Waals surface area (Å²) in [5.41, 5.74) is 9.70. The van der Waals surface area contributed by atoms with Gasteiger partial charge in [-0.2, -0.15) is 5.10 Å². The van der Waals surface area contributed by atoms with Gasteiger partial charge in [0.1, 0.15) is 5.60 Å². The van der Waals surface area contributed by atoms with E-state index < -0.39 is 5.60 Å². The predicted octanol–water partition coefficient (Wildman–Crippen LogP) is 4.52. The van der Waals surface area contributed by atoms with Crippen LogP contribution in [0.15, 0.2) is 58.7 Å². The number of thioether (sulfide) groups is 1. The van der Waals surface area contributed by atoms with Crippen LogP contribution in [-0.2, 0) is 23.6 Å². The highest BCUT2D eigenvalue weighted by Gasteiger charge is 2.28. The lowest BCUT2D eigenvalue weighted by Crippen LogP contribution is -2.33. The molecule has 2 N–H and O–H groups in total. The van der Waals surface area contributed by atoms with Crippen LogP contribution in [0.4, 0.5) is 4.79 Å². The van der Waals surface area contributed by atoms with E-state index in [1.54, 1.807) is 11.1 Å². The first-order chi connectivity index (χ1) is 13.8. The predicted molar refractivity (Wildman–Crippen MR) is 119 cm³/mol. The number of rotatable bonds is 4. The summed E-state index contributed by atoms with van der Waals surface area (Å²) in [6.45, 7) is 6.62. The van der Waals surface area contributed by atoms with E-state index in [0.29, 0.717) is 18.3 Å². The number of ether oxygens (including phenoxy) is 1. The van der Waals surface area contributed by atoms with Crippen LogP contribution in [0.2, 0.25) is 0 Å². The number of hydrogen-bond donors (Lipinski definition) is 1. The van der Waals surface area contributed by atoms with Crippen LogP contribution in [0.25, 0.3) is 0 Å². The molecular formula is C22H26N4O2S. The molecule has 0 spiro atoms. The zero-order valence-corrected chi connectivity index (χ0v) is 17.8. The molecule has 1 heterocycles. The Labute approximate surface area is 175 Å². The second-order valence-corrected chi connectivity index (χ2v) is 8.77. The fraction of sp³-hybridized carbons (Fsp3) is 0.318. The van der Waals surface area contributed by atoms with Gasteiger partial charge in [0.05, 0.1) is 12.8 Å². The van der Waals surface area contributed by atoms with Crippen molar-refractivity contribution >= 4 is 29.2 Å². The van der Waals surface area contributed by atoms with E-state index in [2.05, 4.69) is 10.2 Å². The molecule has 0 aromatic heterocycles. The third-order valence-corrected chi connectivity index (χ3v) is 5.11. The van der Waals surface area contributed by atoms with Crippen molar-refractivity contribution in [3.63, 3.8) is 0 Å². The molecule has 6 nitrogen and oxygen atoms in total. The number of amides is 1. The summed E-state index contributed by atoms with van der Waals surface area (Å²) in [6.07, 6.45) is 1.38. The number of amidine groups is 1. The van der Waals surface area contributed by atoms with Crippen molar-refractivity contribution in [2.75, 3.05) is 0 Å². The molecule has 0 atom stereocenters. The van der Waals surface area contributed by atoms with Gasteiger partial charge in [0.25, 0.3) is 0 Å². The largest absolute Gasteiger partial charge is 0.444 e. The Morgan fingerprint density at radius 3 is 2.66 bits per heavy atom. The first-order valence-corrected chi connectivity index (χ1v) is 10.4. The Bertz CT molecular complexity index is 920. The molecule has 2 aromatic rings. The second kappa shape index (κ2) is 9.13. The number of hydrogen-bond acceptors (Lipinski definition) is 5. The SMILES string of the molecule is CC(C)(C)OC(=O)N1Cc2cccc(C=NN=C(N)SCc3ccccc3)c2C1. The van der Waals surface area contributed by atoms with Gasteiger partial charge in [-0.3, -0.25) is 4.90 Å². The Morgan fingerprint density at radius 1 is 1.17 bits per heavy atom. The van der Waals surface area contributed by atoms with Crippen molar-refractivity contribution in [1.82, 2.24) is 4.90 Å². The summed E-state index contributed by atoms with van der Waals surface area (Å²) in [4.78, 5) is 14.1. The Balaban J connectivity index is 1.62. The van der Waals surface area contributed by atoms with Gasteiger partial charge in [0.2, 0.25) is 0 Å². The molecule has 0 radical (unpaired) electrons. The standard InChI is InChI=1S/C22H26N4O2S/c1-22(2,3)28-21(27)26-13-18-11-7-10-17(19(18)14-26)12-24-25-20(23)29-15-16-8-5-4-6-9-16/h4-12H,13-15H2,1-3H3,(H2,23,25). The van der Waals surface area contributed by atoms with E-state index >= 15 is 0 Å². The molecule has 7 heteroatoms. The molecule has 0 saturated heterocycles. The van der Waals surface area contributed by atoms with Crippen LogP contribution >= 0.6 is 11.8 Å². The number of carbonyl (C=O) groups excluding carboxylic acids is 1. The summed E-state index contributed by atoms with van der Waals surface area (Å²) < 4.78 is 5.48. The Hall–Kier alpha value is -2.80. The maximum absolute atomic E-state index is 12.4. The summed E-state index contributed by atoms with van der Waals surface area (Å²) in [7, 11) is 0. The average molecular weight is 411 g/mol. The van der Waals surface area contributed by atoms with Gasteiger partial charge in [0, 0.05) is 12.3 Å². The van der Waals surface area contributed by atoms with Gasteiger partial charge in [-0.05, 0) is 43.0 Å². The molecule has 29 heavy (non-hydrogen) atoms. The van der Waals surface area contributed by atoms with Crippen molar-refractivity contribution in [3.05, 3.63) is 70.8 Å². The Morgan fingerprint density at radius 2 is 1.93 bits per heavy atom. The van der Waals surface area contributed by atoms with Crippen LogP contribution in [0.1, 0.15) is 43.0 Å². The molecular weight excluding hydrogens is 384 g/mol. The van der Waals surface area contributed by atoms with Gasteiger partial charge in [-0.25, -0.2) is 4.79 Å².